The van der Waals surface area contributed by atoms with Crippen molar-refractivity contribution in [3.05, 3.63) is 41.2 Å². The molecule has 1 aliphatic heterocycles. The molecule has 0 bridgehead atoms. The fourth-order valence-electron chi connectivity index (χ4n) is 3.64. The van der Waals surface area contributed by atoms with Gasteiger partial charge in [0.2, 0.25) is 10.0 Å². The molecule has 2 N–H and O–H groups in total. The molecule has 9 heteroatoms. The third-order valence-electron chi connectivity index (χ3n) is 5.40. The molecule has 1 aromatic carbocycles. The molecule has 1 saturated heterocycles. The van der Waals surface area contributed by atoms with E-state index in [2.05, 4.69) is 36.3 Å². The largest absolute Gasteiger partial charge is 0.323 e. The molecule has 3 rings (SSSR count). The maximum Gasteiger partial charge on any atom is 0.321 e. The average Bonchev–Trinajstić information content (AvgIpc) is 2.86. The van der Waals surface area contributed by atoms with E-state index in [0.29, 0.717) is 37.4 Å². The molecule has 0 radical (unpaired) electrons. The number of aromatic amines is 1. The van der Waals surface area contributed by atoms with E-state index in [0.717, 1.165) is 5.69 Å². The molecule has 0 unspecified atom stereocenters. The normalized spacial score (nSPS) is 16.4. The highest BCUT2D eigenvalue weighted by atomic mass is 32.2. The first-order valence-electron chi connectivity index (χ1n) is 10.2. The number of nitrogens with one attached hydrogen (secondary N) is 2. The summed E-state index contributed by atoms with van der Waals surface area (Å²) in [6.07, 6.45) is 0.575. The van der Waals surface area contributed by atoms with Crippen LogP contribution in [0.1, 0.15) is 44.1 Å². The Morgan fingerprint density at radius 2 is 1.73 bits per heavy atom. The summed E-state index contributed by atoms with van der Waals surface area (Å²) >= 11 is 0. The number of urea groups is 1. The lowest BCUT2D eigenvalue weighted by atomic mass is 9.87. The number of carbonyl (C=O) groups is 1. The summed E-state index contributed by atoms with van der Waals surface area (Å²) in [4.78, 5) is 14.6. The lowest BCUT2D eigenvalue weighted by Crippen LogP contribution is -2.39. The van der Waals surface area contributed by atoms with E-state index in [-0.39, 0.29) is 22.9 Å². The van der Waals surface area contributed by atoms with E-state index in [1.54, 1.807) is 18.7 Å². The van der Waals surface area contributed by atoms with Crippen molar-refractivity contribution in [2.45, 2.75) is 51.3 Å². The topological polar surface area (TPSA) is 98.4 Å². The third kappa shape index (κ3) is 4.67. The Kier molecular flexibility index (Phi) is 6.24. The summed E-state index contributed by atoms with van der Waals surface area (Å²) in [6.45, 7) is 11.3. The number of sulfonamides is 1. The van der Waals surface area contributed by atoms with Crippen molar-refractivity contribution in [2.24, 2.45) is 0 Å². The van der Waals surface area contributed by atoms with Crippen LogP contribution in [0.5, 0.6) is 0 Å². The maximum atomic E-state index is 13.1. The molecule has 8 nitrogen and oxygen atoms in total. The van der Waals surface area contributed by atoms with Crippen molar-refractivity contribution < 1.29 is 13.2 Å². The summed E-state index contributed by atoms with van der Waals surface area (Å²) < 4.78 is 27.6. The lowest BCUT2D eigenvalue weighted by molar-refractivity contribution is 0.214. The Balaban J connectivity index is 1.65. The number of hydrogen-bond donors (Lipinski definition) is 2. The lowest BCUT2D eigenvalue weighted by Gasteiger charge is -2.23. The summed E-state index contributed by atoms with van der Waals surface area (Å²) in [7, 11) is -3.65. The fraction of sp³-hybridized carbons (Fsp3) is 0.524. The smallest absolute Gasteiger partial charge is 0.321 e. The second-order valence-corrected chi connectivity index (χ2v) is 10.6. The van der Waals surface area contributed by atoms with Gasteiger partial charge in [-0.3, -0.25) is 5.10 Å². The van der Waals surface area contributed by atoms with Crippen molar-refractivity contribution in [3.8, 4) is 0 Å². The van der Waals surface area contributed by atoms with Gasteiger partial charge in [-0.15, -0.1) is 0 Å². The summed E-state index contributed by atoms with van der Waals surface area (Å²) in [5, 5.41) is 9.66. The molecule has 2 amide bonds. The van der Waals surface area contributed by atoms with Crippen molar-refractivity contribution in [2.75, 3.05) is 31.5 Å². The monoisotopic (exact) mass is 433 g/mol. The van der Waals surface area contributed by atoms with Crippen LogP contribution in [0.3, 0.4) is 0 Å². The van der Waals surface area contributed by atoms with Gasteiger partial charge in [0.1, 0.15) is 4.90 Å². The molecule has 1 fully saturated rings. The van der Waals surface area contributed by atoms with E-state index >= 15 is 0 Å². The van der Waals surface area contributed by atoms with Crippen molar-refractivity contribution in [1.29, 1.82) is 0 Å². The summed E-state index contributed by atoms with van der Waals surface area (Å²) in [5.74, 6) is 0. The van der Waals surface area contributed by atoms with Gasteiger partial charge in [0, 0.05) is 31.9 Å². The van der Waals surface area contributed by atoms with Gasteiger partial charge >= 0.3 is 6.03 Å². The molecule has 2 heterocycles. The van der Waals surface area contributed by atoms with E-state index in [1.807, 2.05) is 24.3 Å². The molecule has 0 aliphatic carbocycles. The zero-order valence-electron chi connectivity index (χ0n) is 18.3. The Morgan fingerprint density at radius 3 is 2.30 bits per heavy atom. The average molecular weight is 434 g/mol. The van der Waals surface area contributed by atoms with E-state index in [4.69, 9.17) is 0 Å². The predicted molar refractivity (Wildman–Crippen MR) is 117 cm³/mol. The van der Waals surface area contributed by atoms with Crippen LogP contribution in [-0.4, -0.2) is 60.0 Å². The van der Waals surface area contributed by atoms with Crippen LogP contribution in [0.2, 0.25) is 0 Å². The van der Waals surface area contributed by atoms with Gasteiger partial charge in [0.05, 0.1) is 11.4 Å². The first-order chi connectivity index (χ1) is 14.0. The molecule has 1 aromatic heterocycles. The zero-order valence-corrected chi connectivity index (χ0v) is 19.1. The second kappa shape index (κ2) is 8.39. The minimum atomic E-state index is -3.65. The number of hydrogen-bond acceptors (Lipinski definition) is 4. The number of nitrogens with zero attached hydrogens (tertiary/aromatic N) is 3. The number of carbonyl (C=O) groups excluding carboxylic acids is 1. The maximum absolute atomic E-state index is 13.1. The molecular formula is C21H31N5O3S. The van der Waals surface area contributed by atoms with Crippen LogP contribution in [-0.2, 0) is 15.4 Å². The number of amides is 2. The van der Waals surface area contributed by atoms with E-state index < -0.39 is 10.0 Å². The van der Waals surface area contributed by atoms with Crippen LogP contribution in [0.25, 0.3) is 0 Å². The quantitative estimate of drug-likeness (QED) is 0.776. The van der Waals surface area contributed by atoms with Gasteiger partial charge in [-0.2, -0.15) is 9.40 Å². The Bertz CT molecular complexity index is 987. The van der Waals surface area contributed by atoms with Gasteiger partial charge in [-0.1, -0.05) is 32.9 Å². The van der Waals surface area contributed by atoms with Crippen LogP contribution < -0.4 is 5.32 Å². The van der Waals surface area contributed by atoms with E-state index in [1.165, 1.54) is 9.87 Å². The number of aromatic nitrogens is 2. The number of rotatable bonds is 3. The molecule has 0 atom stereocenters. The SMILES string of the molecule is Cc1n[nH]c(C)c1S(=O)(=O)N1CCCN(C(=O)Nc2ccc(C(C)(C)C)cc2)CC1. The highest BCUT2D eigenvalue weighted by Gasteiger charge is 2.31. The Labute approximate surface area is 178 Å². The molecule has 2 aromatic rings. The standard InChI is InChI=1S/C21H31N5O3S/c1-15-19(16(2)24-23-15)30(28,29)26-12-6-11-25(13-14-26)20(27)22-18-9-7-17(8-10-18)21(3,4)5/h7-10H,6,11-14H2,1-5H3,(H,22,27)(H,23,24). The van der Waals surface area contributed by atoms with Gasteiger partial charge in [0.15, 0.2) is 0 Å². The first kappa shape index (κ1) is 22.3. The van der Waals surface area contributed by atoms with Crippen molar-refractivity contribution in [1.82, 2.24) is 19.4 Å². The molecule has 164 valence electrons. The van der Waals surface area contributed by atoms with Crippen LogP contribution >= 0.6 is 0 Å². The minimum absolute atomic E-state index is 0.0496. The number of benzene rings is 1. The highest BCUT2D eigenvalue weighted by molar-refractivity contribution is 7.89. The first-order valence-corrected chi connectivity index (χ1v) is 11.6. The zero-order chi connectivity index (χ0) is 22.1. The molecular weight excluding hydrogens is 402 g/mol. The van der Waals surface area contributed by atoms with Gasteiger partial charge < -0.3 is 10.2 Å². The predicted octanol–water partition coefficient (Wildman–Crippen LogP) is 3.25. The molecule has 30 heavy (non-hydrogen) atoms. The molecule has 1 aliphatic rings. The number of anilines is 1. The van der Waals surface area contributed by atoms with Gasteiger partial charge in [-0.05, 0) is 43.4 Å². The van der Waals surface area contributed by atoms with Crippen LogP contribution in [0.15, 0.2) is 29.2 Å². The Morgan fingerprint density at radius 1 is 1.07 bits per heavy atom. The van der Waals surface area contributed by atoms with Crippen molar-refractivity contribution in [3.63, 3.8) is 0 Å². The molecule has 0 spiro atoms. The van der Waals surface area contributed by atoms with E-state index in [9.17, 15) is 13.2 Å². The number of aryl methyl sites for hydroxylation is 2. The second-order valence-electron chi connectivity index (χ2n) is 8.77. The van der Waals surface area contributed by atoms with Crippen LogP contribution in [0, 0.1) is 13.8 Å². The van der Waals surface area contributed by atoms with Crippen molar-refractivity contribution >= 4 is 21.7 Å². The highest BCUT2D eigenvalue weighted by Crippen LogP contribution is 2.25. The minimum Gasteiger partial charge on any atom is -0.323 e. The molecule has 0 saturated carbocycles. The Hall–Kier alpha value is -2.39. The summed E-state index contributed by atoms with van der Waals surface area (Å²) in [5.41, 5.74) is 2.97. The third-order valence-corrected chi connectivity index (χ3v) is 7.57. The fourth-order valence-corrected chi connectivity index (χ4v) is 5.44. The van der Waals surface area contributed by atoms with Gasteiger partial charge in [-0.25, -0.2) is 13.2 Å². The number of H-pyrrole nitrogens is 1. The van der Waals surface area contributed by atoms with Crippen LogP contribution in [0.4, 0.5) is 10.5 Å². The summed E-state index contributed by atoms with van der Waals surface area (Å²) in [6, 6.07) is 7.62. The van der Waals surface area contributed by atoms with Gasteiger partial charge in [0.25, 0.3) is 0 Å².